The Morgan fingerprint density at radius 3 is 3.04 bits per heavy atom. The number of carbonyl (C=O) groups excluding carboxylic acids is 1. The van der Waals surface area contributed by atoms with Gasteiger partial charge in [-0.3, -0.25) is 4.79 Å². The van der Waals surface area contributed by atoms with Gasteiger partial charge < -0.3 is 15.1 Å². The number of aromatic nitrogens is 4. The molecule has 1 unspecified atom stereocenters. The Labute approximate surface area is 144 Å². The number of carbonyl (C=O) groups is 1. The summed E-state index contributed by atoms with van der Waals surface area (Å²) in [6, 6.07) is 1.81. The Balaban J connectivity index is 1.60. The molecular weight excluding hydrogens is 324 g/mol. The first-order chi connectivity index (χ1) is 12.1. The molecule has 1 aliphatic heterocycles. The minimum absolute atomic E-state index is 0.0760. The number of piperidine rings is 1. The zero-order chi connectivity index (χ0) is 17.6. The van der Waals surface area contributed by atoms with E-state index < -0.39 is 11.5 Å². The van der Waals surface area contributed by atoms with E-state index in [1.165, 1.54) is 0 Å². The van der Waals surface area contributed by atoms with Gasteiger partial charge in [-0.05, 0) is 44.4 Å². The van der Waals surface area contributed by atoms with Gasteiger partial charge in [-0.2, -0.15) is 5.21 Å². The lowest BCUT2D eigenvalue weighted by Gasteiger charge is -2.22. The number of nitrogens with one attached hydrogen (secondary N) is 3. The van der Waals surface area contributed by atoms with Gasteiger partial charge in [0.2, 0.25) is 0 Å². The lowest BCUT2D eigenvalue weighted by atomic mass is 9.95. The van der Waals surface area contributed by atoms with Crippen LogP contribution >= 0.6 is 0 Å². The second-order valence-corrected chi connectivity index (χ2v) is 6.23. The molecule has 3 rings (SSSR count). The summed E-state index contributed by atoms with van der Waals surface area (Å²) in [6.07, 6.45) is 3.28. The molecule has 0 bridgehead atoms. The van der Waals surface area contributed by atoms with Gasteiger partial charge in [-0.25, -0.2) is 4.79 Å². The normalized spacial score (nSPS) is 17.4. The van der Waals surface area contributed by atoms with Crippen LogP contribution in [-0.4, -0.2) is 46.2 Å². The Bertz CT molecular complexity index is 765. The van der Waals surface area contributed by atoms with Gasteiger partial charge in [0.15, 0.2) is 5.82 Å². The molecule has 3 heterocycles. The molecular formula is C16H22N6O3. The fraction of sp³-hybridized carbons (Fsp3) is 0.562. The van der Waals surface area contributed by atoms with Crippen molar-refractivity contribution in [2.75, 3.05) is 19.6 Å². The molecule has 1 atom stereocenters. The predicted molar refractivity (Wildman–Crippen MR) is 89.4 cm³/mol. The number of aryl methyl sites for hydroxylation is 2. The Kier molecular flexibility index (Phi) is 5.54. The van der Waals surface area contributed by atoms with Gasteiger partial charge in [0, 0.05) is 25.4 Å². The molecule has 0 radical (unpaired) electrons. The summed E-state index contributed by atoms with van der Waals surface area (Å²) in [5.74, 6) is 1.03. The monoisotopic (exact) mass is 346 g/mol. The third-order valence-corrected chi connectivity index (χ3v) is 4.35. The molecule has 1 aliphatic rings. The van der Waals surface area contributed by atoms with Crippen LogP contribution in [0.25, 0.3) is 0 Å². The van der Waals surface area contributed by atoms with E-state index in [1.54, 1.807) is 6.92 Å². The lowest BCUT2D eigenvalue weighted by Crippen LogP contribution is -2.32. The van der Waals surface area contributed by atoms with Crippen LogP contribution in [0, 0.1) is 6.92 Å². The van der Waals surface area contributed by atoms with E-state index in [0.717, 1.165) is 25.9 Å². The maximum Gasteiger partial charge on any atom is 0.349 e. The number of H-pyrrole nitrogens is 1. The smallest absolute Gasteiger partial charge is 0.349 e. The van der Waals surface area contributed by atoms with Crippen molar-refractivity contribution in [2.45, 2.75) is 38.5 Å². The molecule has 134 valence electrons. The molecule has 9 nitrogen and oxygen atoms in total. The zero-order valence-electron chi connectivity index (χ0n) is 14.2. The number of aromatic amines is 1. The minimum Gasteiger partial charge on any atom is -0.427 e. The number of hydrogen-bond donors (Lipinski definition) is 3. The number of nitrogens with zero attached hydrogens (tertiary/aromatic N) is 3. The summed E-state index contributed by atoms with van der Waals surface area (Å²) >= 11 is 0. The Hall–Kier alpha value is -2.55. The van der Waals surface area contributed by atoms with E-state index in [0.29, 0.717) is 36.5 Å². The fourth-order valence-corrected chi connectivity index (χ4v) is 3.03. The van der Waals surface area contributed by atoms with Crippen molar-refractivity contribution in [1.29, 1.82) is 0 Å². The predicted octanol–water partition coefficient (Wildman–Crippen LogP) is 0.291. The first kappa shape index (κ1) is 17.3. The SMILES string of the molecule is Cc1cc(C2CCCNC2)oc(=O)c1C(=O)NCCCc1nn[nH]n1. The standard InChI is InChI=1S/C16H22N6O3/c1-10-8-12(11-4-2-6-17-9-11)25-16(24)14(10)15(23)18-7-3-5-13-19-21-22-20-13/h8,11,17H,2-7,9H2,1H3,(H,18,23)(H,19,20,21,22). The second-order valence-electron chi connectivity index (χ2n) is 6.23. The van der Waals surface area contributed by atoms with Crippen molar-refractivity contribution in [3.8, 4) is 0 Å². The highest BCUT2D eigenvalue weighted by Gasteiger charge is 2.22. The highest BCUT2D eigenvalue weighted by atomic mass is 16.4. The van der Waals surface area contributed by atoms with E-state index in [4.69, 9.17) is 4.42 Å². The maximum absolute atomic E-state index is 12.3. The van der Waals surface area contributed by atoms with Crippen LogP contribution in [0.3, 0.4) is 0 Å². The number of hydrogen-bond acceptors (Lipinski definition) is 7. The van der Waals surface area contributed by atoms with Crippen LogP contribution in [0.2, 0.25) is 0 Å². The molecule has 3 N–H and O–H groups in total. The highest BCUT2D eigenvalue weighted by molar-refractivity contribution is 5.95. The van der Waals surface area contributed by atoms with Gasteiger partial charge in [0.05, 0.1) is 0 Å². The summed E-state index contributed by atoms with van der Waals surface area (Å²) in [6.45, 7) is 3.97. The van der Waals surface area contributed by atoms with Crippen molar-refractivity contribution in [3.05, 3.63) is 39.2 Å². The zero-order valence-corrected chi connectivity index (χ0v) is 14.2. The minimum atomic E-state index is -0.573. The van der Waals surface area contributed by atoms with Crippen molar-refractivity contribution in [3.63, 3.8) is 0 Å². The first-order valence-electron chi connectivity index (χ1n) is 8.51. The van der Waals surface area contributed by atoms with Crippen molar-refractivity contribution < 1.29 is 9.21 Å². The molecule has 1 amide bonds. The first-order valence-corrected chi connectivity index (χ1v) is 8.51. The molecule has 0 aliphatic carbocycles. The molecule has 25 heavy (non-hydrogen) atoms. The van der Waals surface area contributed by atoms with Crippen molar-refractivity contribution in [1.82, 2.24) is 31.3 Å². The fourth-order valence-electron chi connectivity index (χ4n) is 3.03. The third-order valence-electron chi connectivity index (χ3n) is 4.35. The largest absolute Gasteiger partial charge is 0.427 e. The quantitative estimate of drug-likeness (QED) is 0.642. The molecule has 2 aromatic rings. The number of amides is 1. The number of tetrazole rings is 1. The summed E-state index contributed by atoms with van der Waals surface area (Å²) in [4.78, 5) is 24.6. The number of rotatable bonds is 6. The molecule has 0 saturated carbocycles. The lowest BCUT2D eigenvalue weighted by molar-refractivity contribution is 0.0948. The summed E-state index contributed by atoms with van der Waals surface area (Å²) in [5, 5.41) is 19.6. The summed E-state index contributed by atoms with van der Waals surface area (Å²) < 4.78 is 5.43. The average Bonchev–Trinajstić information content (AvgIpc) is 3.12. The van der Waals surface area contributed by atoms with Crippen molar-refractivity contribution in [2.24, 2.45) is 0 Å². The summed E-state index contributed by atoms with van der Waals surface area (Å²) in [5.41, 5.74) is 0.149. The van der Waals surface area contributed by atoms with Gasteiger partial charge in [0.25, 0.3) is 5.91 Å². The molecule has 0 aromatic carbocycles. The molecule has 9 heteroatoms. The van der Waals surface area contributed by atoms with Gasteiger partial charge in [-0.15, -0.1) is 10.2 Å². The molecule has 2 aromatic heterocycles. The maximum atomic E-state index is 12.3. The van der Waals surface area contributed by atoms with Crippen molar-refractivity contribution >= 4 is 5.91 Å². The van der Waals surface area contributed by atoms with E-state index in [1.807, 2.05) is 6.07 Å². The molecule has 0 spiro atoms. The van der Waals surface area contributed by atoms with Crippen LogP contribution in [0.5, 0.6) is 0 Å². The second kappa shape index (κ2) is 8.02. The average molecular weight is 346 g/mol. The van der Waals surface area contributed by atoms with Crippen LogP contribution in [0.1, 0.15) is 52.7 Å². The molecule has 1 fully saturated rings. The molecule has 1 saturated heterocycles. The third kappa shape index (κ3) is 4.30. The van der Waals surface area contributed by atoms with E-state index in [9.17, 15) is 9.59 Å². The van der Waals surface area contributed by atoms with E-state index in [2.05, 4.69) is 31.3 Å². The topological polar surface area (TPSA) is 126 Å². The Morgan fingerprint density at radius 2 is 2.36 bits per heavy atom. The van der Waals surface area contributed by atoms with Crippen LogP contribution < -0.4 is 16.3 Å². The summed E-state index contributed by atoms with van der Waals surface area (Å²) in [7, 11) is 0. The Morgan fingerprint density at radius 1 is 1.48 bits per heavy atom. The van der Waals surface area contributed by atoms with Crippen LogP contribution in [0.15, 0.2) is 15.3 Å². The van der Waals surface area contributed by atoms with Crippen LogP contribution in [0.4, 0.5) is 0 Å². The van der Waals surface area contributed by atoms with Gasteiger partial charge >= 0.3 is 5.63 Å². The van der Waals surface area contributed by atoms with Crippen LogP contribution in [-0.2, 0) is 6.42 Å². The van der Waals surface area contributed by atoms with Gasteiger partial charge in [-0.1, -0.05) is 5.21 Å². The van der Waals surface area contributed by atoms with E-state index >= 15 is 0 Å². The van der Waals surface area contributed by atoms with E-state index in [-0.39, 0.29) is 11.5 Å². The van der Waals surface area contributed by atoms with Gasteiger partial charge in [0.1, 0.15) is 11.3 Å². The highest BCUT2D eigenvalue weighted by Crippen LogP contribution is 2.23.